The average molecular weight is 390 g/mol. The van der Waals surface area contributed by atoms with E-state index in [0.29, 0.717) is 22.6 Å². The highest BCUT2D eigenvalue weighted by atomic mass is 16.5. The summed E-state index contributed by atoms with van der Waals surface area (Å²) >= 11 is 0. The number of amides is 2. The van der Waals surface area contributed by atoms with E-state index in [1.54, 1.807) is 36.4 Å². The summed E-state index contributed by atoms with van der Waals surface area (Å²) in [5.41, 5.74) is 0.970. The molecule has 2 heterocycles. The highest BCUT2D eigenvalue weighted by Gasteiger charge is 2.59. The van der Waals surface area contributed by atoms with Gasteiger partial charge < -0.3 is 9.15 Å². The summed E-state index contributed by atoms with van der Waals surface area (Å²) in [6.07, 6.45) is 6.32. The third-order valence-corrected chi connectivity index (χ3v) is 5.97. The zero-order chi connectivity index (χ0) is 20.1. The van der Waals surface area contributed by atoms with E-state index in [1.807, 2.05) is 12.2 Å². The van der Waals surface area contributed by atoms with Crippen molar-refractivity contribution in [3.05, 3.63) is 59.9 Å². The molecule has 2 aromatic rings. The van der Waals surface area contributed by atoms with Crippen molar-refractivity contribution in [2.75, 3.05) is 7.11 Å². The van der Waals surface area contributed by atoms with Crippen molar-refractivity contribution in [3.8, 4) is 11.3 Å². The van der Waals surface area contributed by atoms with Gasteiger partial charge in [0.05, 0.1) is 30.7 Å². The number of carbonyl (C=O) groups is 3. The summed E-state index contributed by atoms with van der Waals surface area (Å²) in [5.74, 6) is -0.382. The van der Waals surface area contributed by atoms with E-state index < -0.39 is 5.97 Å². The SMILES string of the molecule is COC(=O)c1ccccc1-c1ccc(/C=N\N2C(=O)[C@H]3[C@H](C2=O)[C@H]2C=C[C@H]3C2)o1. The Bertz CT molecular complexity index is 1050. The van der Waals surface area contributed by atoms with Crippen molar-refractivity contribution in [1.82, 2.24) is 5.01 Å². The number of benzene rings is 1. The predicted octanol–water partition coefficient (Wildman–Crippen LogP) is 2.87. The third kappa shape index (κ3) is 2.65. The molecule has 3 aliphatic rings. The molecule has 2 bridgehead atoms. The molecule has 0 unspecified atom stereocenters. The molecule has 2 amide bonds. The molecule has 0 N–H and O–H groups in total. The second kappa shape index (κ2) is 6.55. The van der Waals surface area contributed by atoms with Gasteiger partial charge in [0.25, 0.3) is 11.8 Å². The van der Waals surface area contributed by atoms with Crippen LogP contribution >= 0.6 is 0 Å². The number of allylic oxidation sites excluding steroid dienone is 2. The second-order valence-corrected chi connectivity index (χ2v) is 7.47. The monoisotopic (exact) mass is 390 g/mol. The Labute approximate surface area is 166 Å². The number of hydrogen-bond acceptors (Lipinski definition) is 6. The van der Waals surface area contributed by atoms with E-state index in [-0.39, 0.29) is 35.5 Å². The molecule has 29 heavy (non-hydrogen) atoms. The third-order valence-electron chi connectivity index (χ3n) is 5.97. The summed E-state index contributed by atoms with van der Waals surface area (Å²) in [4.78, 5) is 37.3. The molecule has 1 aromatic carbocycles. The first-order chi connectivity index (χ1) is 14.1. The Hall–Kier alpha value is -3.48. The average Bonchev–Trinajstić information content (AvgIpc) is 3.51. The van der Waals surface area contributed by atoms with E-state index >= 15 is 0 Å². The summed E-state index contributed by atoms with van der Waals surface area (Å²) < 4.78 is 10.6. The number of hydrogen-bond donors (Lipinski definition) is 0. The number of methoxy groups -OCH3 is 1. The fourth-order valence-corrected chi connectivity index (χ4v) is 4.67. The summed E-state index contributed by atoms with van der Waals surface area (Å²) in [7, 11) is 1.32. The lowest BCUT2D eigenvalue weighted by molar-refractivity contribution is -0.140. The van der Waals surface area contributed by atoms with Gasteiger partial charge in [0.15, 0.2) is 0 Å². The molecule has 1 aromatic heterocycles. The van der Waals surface area contributed by atoms with Crippen LogP contribution in [0, 0.1) is 23.7 Å². The Morgan fingerprint density at radius 2 is 1.79 bits per heavy atom. The summed E-state index contributed by atoms with van der Waals surface area (Å²) in [6.45, 7) is 0. The summed E-state index contributed by atoms with van der Waals surface area (Å²) in [5, 5.41) is 5.09. The topological polar surface area (TPSA) is 89.2 Å². The van der Waals surface area contributed by atoms with Crippen LogP contribution in [-0.4, -0.2) is 36.1 Å². The minimum Gasteiger partial charge on any atom is -0.465 e. The Balaban J connectivity index is 1.38. The van der Waals surface area contributed by atoms with Crippen LogP contribution in [0.25, 0.3) is 11.3 Å². The van der Waals surface area contributed by atoms with E-state index in [9.17, 15) is 14.4 Å². The van der Waals surface area contributed by atoms with Crippen molar-refractivity contribution in [2.45, 2.75) is 6.42 Å². The zero-order valence-corrected chi connectivity index (χ0v) is 15.6. The van der Waals surface area contributed by atoms with Crippen LogP contribution in [-0.2, 0) is 14.3 Å². The largest absolute Gasteiger partial charge is 0.465 e. The van der Waals surface area contributed by atoms with Gasteiger partial charge in [0.2, 0.25) is 0 Å². The maximum absolute atomic E-state index is 12.7. The first-order valence-corrected chi connectivity index (χ1v) is 9.46. The molecule has 5 rings (SSSR count). The lowest BCUT2D eigenvalue weighted by Gasteiger charge is -2.13. The maximum Gasteiger partial charge on any atom is 0.338 e. The smallest absolute Gasteiger partial charge is 0.338 e. The molecule has 2 aliphatic carbocycles. The molecule has 7 heteroatoms. The van der Waals surface area contributed by atoms with Crippen molar-refractivity contribution >= 4 is 24.0 Å². The van der Waals surface area contributed by atoms with Crippen LogP contribution in [0.1, 0.15) is 22.5 Å². The van der Waals surface area contributed by atoms with Crippen molar-refractivity contribution in [3.63, 3.8) is 0 Å². The van der Waals surface area contributed by atoms with Gasteiger partial charge in [-0.15, -0.1) is 0 Å². The number of imide groups is 1. The van der Waals surface area contributed by atoms with Gasteiger partial charge in [-0.1, -0.05) is 30.4 Å². The van der Waals surface area contributed by atoms with Crippen LogP contribution in [0.5, 0.6) is 0 Å². The number of ether oxygens (including phenoxy) is 1. The Morgan fingerprint density at radius 1 is 1.10 bits per heavy atom. The highest BCUT2D eigenvalue weighted by molar-refractivity contribution is 6.06. The number of rotatable bonds is 4. The molecule has 4 atom stereocenters. The van der Waals surface area contributed by atoms with Gasteiger partial charge in [0.1, 0.15) is 11.5 Å². The van der Waals surface area contributed by atoms with E-state index in [1.165, 1.54) is 13.3 Å². The number of hydrazone groups is 1. The van der Waals surface area contributed by atoms with Crippen LogP contribution in [0.15, 0.2) is 58.1 Å². The van der Waals surface area contributed by atoms with Crippen LogP contribution in [0.3, 0.4) is 0 Å². The molecule has 1 saturated carbocycles. The number of furan rings is 1. The molecule has 1 aliphatic heterocycles. The zero-order valence-electron chi connectivity index (χ0n) is 15.6. The van der Waals surface area contributed by atoms with E-state index in [2.05, 4.69) is 5.10 Å². The molecular formula is C22H18N2O5. The Kier molecular flexibility index (Phi) is 3.97. The van der Waals surface area contributed by atoms with Crippen molar-refractivity contribution in [1.29, 1.82) is 0 Å². The van der Waals surface area contributed by atoms with Crippen molar-refractivity contribution in [2.24, 2.45) is 28.8 Å². The quantitative estimate of drug-likeness (QED) is 0.347. The van der Waals surface area contributed by atoms with Gasteiger partial charge in [-0.3, -0.25) is 9.59 Å². The van der Waals surface area contributed by atoms with Gasteiger partial charge in [-0.05, 0) is 36.5 Å². The van der Waals surface area contributed by atoms with E-state index in [0.717, 1.165) is 11.4 Å². The number of nitrogens with zero attached hydrogens (tertiary/aromatic N) is 2. The number of carbonyl (C=O) groups excluding carboxylic acids is 3. The number of esters is 1. The molecule has 0 spiro atoms. The fraction of sp³-hybridized carbons (Fsp3) is 0.273. The summed E-state index contributed by atoms with van der Waals surface area (Å²) in [6, 6.07) is 10.3. The van der Waals surface area contributed by atoms with Crippen LogP contribution < -0.4 is 0 Å². The minimum atomic E-state index is -0.463. The fourth-order valence-electron chi connectivity index (χ4n) is 4.67. The molecular weight excluding hydrogens is 372 g/mol. The minimum absolute atomic E-state index is 0.145. The lowest BCUT2D eigenvalue weighted by atomic mass is 9.85. The standard InChI is InChI=1S/C22H18N2O5/c1-28-22(27)16-5-3-2-4-15(16)17-9-8-14(29-17)11-23-24-20(25)18-12-6-7-13(10-12)19(18)21(24)26/h2-9,11-13,18-19H,10H2,1H3/b23-11-/t12-,13-,18+,19+/m0/s1. The van der Waals surface area contributed by atoms with Crippen LogP contribution in [0.4, 0.5) is 0 Å². The van der Waals surface area contributed by atoms with E-state index in [4.69, 9.17) is 9.15 Å². The first kappa shape index (κ1) is 17.6. The maximum atomic E-state index is 12.7. The molecule has 2 fully saturated rings. The lowest BCUT2D eigenvalue weighted by Crippen LogP contribution is -2.28. The highest BCUT2D eigenvalue weighted by Crippen LogP contribution is 2.52. The molecule has 7 nitrogen and oxygen atoms in total. The van der Waals surface area contributed by atoms with Gasteiger partial charge in [0, 0.05) is 5.56 Å². The first-order valence-electron chi connectivity index (χ1n) is 9.46. The normalized spacial score (nSPS) is 27.3. The molecule has 146 valence electrons. The van der Waals surface area contributed by atoms with Gasteiger partial charge >= 0.3 is 5.97 Å². The molecule has 0 radical (unpaired) electrons. The van der Waals surface area contributed by atoms with Crippen LogP contribution in [0.2, 0.25) is 0 Å². The van der Waals surface area contributed by atoms with Gasteiger partial charge in [-0.25, -0.2) is 4.79 Å². The Morgan fingerprint density at radius 3 is 2.48 bits per heavy atom. The van der Waals surface area contributed by atoms with Gasteiger partial charge in [-0.2, -0.15) is 10.1 Å². The predicted molar refractivity (Wildman–Crippen MR) is 103 cm³/mol. The molecule has 1 saturated heterocycles. The number of fused-ring (bicyclic) bond motifs is 5. The van der Waals surface area contributed by atoms with Crippen molar-refractivity contribution < 1.29 is 23.5 Å². The second-order valence-electron chi connectivity index (χ2n) is 7.47.